The number of hydrogen-bond acceptors (Lipinski definition) is 3. The van der Waals surface area contributed by atoms with Gasteiger partial charge in [0.05, 0.1) is 0 Å². The van der Waals surface area contributed by atoms with Gasteiger partial charge in [-0.15, -0.1) is 0 Å². The third-order valence-corrected chi connectivity index (χ3v) is 3.43. The molecule has 3 nitrogen and oxygen atoms in total. The van der Waals surface area contributed by atoms with Crippen LogP contribution in [0.1, 0.15) is 24.3 Å². The number of nitrogens with one attached hydrogen (secondary N) is 1. The van der Waals surface area contributed by atoms with Crippen molar-refractivity contribution in [2.24, 2.45) is 0 Å². The first-order valence-electron chi connectivity index (χ1n) is 5.33. The molecule has 1 aromatic heterocycles. The van der Waals surface area contributed by atoms with Crippen molar-refractivity contribution >= 4 is 15.9 Å². The smallest absolute Gasteiger partial charge is 0.106 e. The van der Waals surface area contributed by atoms with Crippen LogP contribution in [0.25, 0.3) is 0 Å². The van der Waals surface area contributed by atoms with Crippen molar-refractivity contribution in [3.05, 3.63) is 28.5 Å². The maximum Gasteiger partial charge on any atom is 0.106 e. The van der Waals surface area contributed by atoms with Gasteiger partial charge >= 0.3 is 0 Å². The Kier molecular flexibility index (Phi) is 3.72. The van der Waals surface area contributed by atoms with Gasteiger partial charge < -0.3 is 0 Å². The monoisotopic (exact) mass is 269 g/mol. The number of hydrogen-bond donors (Lipinski definition) is 1. The zero-order valence-corrected chi connectivity index (χ0v) is 10.5. The molecule has 0 bridgehead atoms. The van der Waals surface area contributed by atoms with Crippen molar-refractivity contribution in [1.29, 1.82) is 0 Å². The fourth-order valence-corrected chi connectivity index (χ4v) is 2.32. The van der Waals surface area contributed by atoms with E-state index in [1.165, 1.54) is 18.4 Å². The van der Waals surface area contributed by atoms with E-state index in [2.05, 4.69) is 37.4 Å². The lowest BCUT2D eigenvalue weighted by molar-refractivity contribution is 0.154. The molecule has 0 saturated carbocycles. The minimum atomic E-state index is 0.617. The molecule has 0 aromatic carbocycles. The van der Waals surface area contributed by atoms with Crippen molar-refractivity contribution in [3.8, 4) is 0 Å². The zero-order valence-electron chi connectivity index (χ0n) is 8.91. The summed E-state index contributed by atoms with van der Waals surface area (Å²) < 4.78 is 0.910. The third-order valence-electron chi connectivity index (χ3n) is 2.96. The molecular formula is C11H16BrN3. The Hall–Kier alpha value is -0.450. The predicted octanol–water partition coefficient (Wildman–Crippen LogP) is 2.16. The Morgan fingerprint density at radius 2 is 2.40 bits per heavy atom. The SMILES string of the molecule is CNN1CCC[C@@H](c2ccc(Br)nc2)C1. The lowest BCUT2D eigenvalue weighted by Gasteiger charge is -2.31. The summed E-state index contributed by atoms with van der Waals surface area (Å²) in [6, 6.07) is 4.19. The normalized spacial score (nSPS) is 22.9. The molecule has 4 heteroatoms. The highest BCUT2D eigenvalue weighted by molar-refractivity contribution is 9.10. The second-order valence-electron chi connectivity index (χ2n) is 3.92. The molecule has 15 heavy (non-hydrogen) atoms. The molecule has 0 unspecified atom stereocenters. The molecule has 0 aliphatic carbocycles. The first kappa shape index (κ1) is 11.0. The Bertz CT molecular complexity index is 312. The van der Waals surface area contributed by atoms with Crippen molar-refractivity contribution in [2.75, 3.05) is 20.1 Å². The maximum absolute atomic E-state index is 4.28. The Labute approximate surface area is 99.0 Å². The fourth-order valence-electron chi connectivity index (χ4n) is 2.08. The molecule has 1 aliphatic heterocycles. The second kappa shape index (κ2) is 5.05. The Balaban J connectivity index is 2.06. The summed E-state index contributed by atoms with van der Waals surface area (Å²) >= 11 is 3.36. The van der Waals surface area contributed by atoms with E-state index in [0.717, 1.165) is 17.7 Å². The first-order valence-corrected chi connectivity index (χ1v) is 6.12. The quantitative estimate of drug-likeness (QED) is 0.835. The van der Waals surface area contributed by atoms with Crippen LogP contribution in [-0.2, 0) is 0 Å². The average molecular weight is 270 g/mol. The van der Waals surface area contributed by atoms with E-state index in [9.17, 15) is 0 Å². The standard InChI is InChI=1S/C11H16BrN3/c1-13-15-6-2-3-10(8-15)9-4-5-11(12)14-7-9/h4-5,7,10,13H,2-3,6,8H2,1H3/t10-/m1/s1. The van der Waals surface area contributed by atoms with Crippen LogP contribution in [0.5, 0.6) is 0 Å². The highest BCUT2D eigenvalue weighted by Gasteiger charge is 2.20. The van der Waals surface area contributed by atoms with Gasteiger partial charge in [-0.1, -0.05) is 6.07 Å². The Morgan fingerprint density at radius 3 is 3.07 bits per heavy atom. The van der Waals surface area contributed by atoms with Crippen LogP contribution in [0.3, 0.4) is 0 Å². The summed E-state index contributed by atoms with van der Waals surface area (Å²) in [6.45, 7) is 2.23. The number of halogens is 1. The lowest BCUT2D eigenvalue weighted by atomic mass is 9.92. The molecule has 1 aromatic rings. The number of piperidine rings is 1. The van der Waals surface area contributed by atoms with E-state index < -0.39 is 0 Å². The van der Waals surface area contributed by atoms with Crippen LogP contribution in [0, 0.1) is 0 Å². The van der Waals surface area contributed by atoms with Crippen molar-refractivity contribution < 1.29 is 0 Å². The van der Waals surface area contributed by atoms with E-state index in [4.69, 9.17) is 0 Å². The summed E-state index contributed by atoms with van der Waals surface area (Å²) in [4.78, 5) is 4.28. The number of aromatic nitrogens is 1. The molecule has 0 spiro atoms. The number of hydrazine groups is 1. The maximum atomic E-state index is 4.28. The highest BCUT2D eigenvalue weighted by atomic mass is 79.9. The van der Waals surface area contributed by atoms with Crippen LogP contribution in [0.15, 0.2) is 22.9 Å². The second-order valence-corrected chi connectivity index (χ2v) is 4.74. The van der Waals surface area contributed by atoms with Crippen molar-refractivity contribution in [2.45, 2.75) is 18.8 Å². The van der Waals surface area contributed by atoms with E-state index in [0.29, 0.717) is 5.92 Å². The van der Waals surface area contributed by atoms with E-state index in [-0.39, 0.29) is 0 Å². The van der Waals surface area contributed by atoms with Gasteiger partial charge in [0.15, 0.2) is 0 Å². The Morgan fingerprint density at radius 1 is 1.53 bits per heavy atom. The van der Waals surface area contributed by atoms with Gasteiger partial charge in [-0.25, -0.2) is 9.99 Å². The van der Waals surface area contributed by atoms with Crippen LogP contribution in [-0.4, -0.2) is 30.1 Å². The largest absolute Gasteiger partial charge is 0.258 e. The topological polar surface area (TPSA) is 28.2 Å². The highest BCUT2D eigenvalue weighted by Crippen LogP contribution is 2.25. The average Bonchev–Trinajstić information content (AvgIpc) is 2.30. The van der Waals surface area contributed by atoms with Gasteiger partial charge in [-0.05, 0) is 53.4 Å². The van der Waals surface area contributed by atoms with Crippen LogP contribution >= 0.6 is 15.9 Å². The van der Waals surface area contributed by atoms with Crippen molar-refractivity contribution in [3.63, 3.8) is 0 Å². The van der Waals surface area contributed by atoms with E-state index in [1.54, 1.807) is 0 Å². The van der Waals surface area contributed by atoms with Gasteiger partial charge in [0.2, 0.25) is 0 Å². The molecule has 0 radical (unpaired) electrons. The number of nitrogens with zero attached hydrogens (tertiary/aromatic N) is 2. The summed E-state index contributed by atoms with van der Waals surface area (Å²) in [6.07, 6.45) is 4.50. The summed E-state index contributed by atoms with van der Waals surface area (Å²) in [5.74, 6) is 0.617. The summed E-state index contributed by atoms with van der Waals surface area (Å²) in [5, 5.41) is 2.27. The van der Waals surface area contributed by atoms with Gasteiger partial charge in [0.25, 0.3) is 0 Å². The predicted molar refractivity (Wildman–Crippen MR) is 64.5 cm³/mol. The van der Waals surface area contributed by atoms with Crippen LogP contribution in [0.4, 0.5) is 0 Å². The summed E-state index contributed by atoms with van der Waals surface area (Å²) in [5.41, 5.74) is 4.56. The number of pyridine rings is 1. The van der Waals surface area contributed by atoms with E-state index in [1.807, 2.05) is 19.3 Å². The molecule has 82 valence electrons. The molecule has 1 atom stereocenters. The molecule has 1 aliphatic rings. The van der Waals surface area contributed by atoms with Gasteiger partial charge in [0.1, 0.15) is 4.60 Å². The summed E-state index contributed by atoms with van der Waals surface area (Å²) in [7, 11) is 1.99. The molecule has 2 rings (SSSR count). The third kappa shape index (κ3) is 2.77. The van der Waals surface area contributed by atoms with Crippen molar-refractivity contribution in [1.82, 2.24) is 15.4 Å². The van der Waals surface area contributed by atoms with E-state index >= 15 is 0 Å². The fraction of sp³-hybridized carbons (Fsp3) is 0.545. The minimum absolute atomic E-state index is 0.617. The molecular weight excluding hydrogens is 254 g/mol. The molecule has 1 fully saturated rings. The van der Waals surface area contributed by atoms with Crippen LogP contribution < -0.4 is 5.43 Å². The molecule has 1 saturated heterocycles. The number of rotatable bonds is 2. The molecule has 0 amide bonds. The molecule has 2 heterocycles. The zero-order chi connectivity index (χ0) is 10.7. The minimum Gasteiger partial charge on any atom is -0.258 e. The lowest BCUT2D eigenvalue weighted by Crippen LogP contribution is -2.42. The van der Waals surface area contributed by atoms with Gasteiger partial charge in [-0.3, -0.25) is 5.43 Å². The molecule has 1 N–H and O–H groups in total. The van der Waals surface area contributed by atoms with Gasteiger partial charge in [0, 0.05) is 19.3 Å². The van der Waals surface area contributed by atoms with Crippen LogP contribution in [0.2, 0.25) is 0 Å². The van der Waals surface area contributed by atoms with Gasteiger partial charge in [-0.2, -0.15) is 0 Å². The first-order chi connectivity index (χ1) is 7.29.